The van der Waals surface area contributed by atoms with Crippen molar-refractivity contribution in [3.8, 4) is 90.6 Å². The van der Waals surface area contributed by atoms with Gasteiger partial charge in [0.1, 0.15) is 28.1 Å². The third-order valence-corrected chi connectivity index (χ3v) is 24.5. The fourth-order valence-corrected chi connectivity index (χ4v) is 18.9. The summed E-state index contributed by atoms with van der Waals surface area (Å²) < 4.78 is 30.3. The van der Waals surface area contributed by atoms with E-state index in [0.29, 0.717) is 0 Å². The van der Waals surface area contributed by atoms with E-state index in [0.717, 1.165) is 159 Å². The van der Waals surface area contributed by atoms with Crippen molar-refractivity contribution >= 4 is 87.5 Å². The van der Waals surface area contributed by atoms with E-state index in [1.165, 1.54) is 99.8 Å². The van der Waals surface area contributed by atoms with E-state index >= 15 is 0 Å². The Morgan fingerprint density at radius 2 is 0.706 bits per heavy atom. The molecule has 7 heterocycles. The van der Waals surface area contributed by atoms with Crippen molar-refractivity contribution < 1.29 is 33.7 Å². The van der Waals surface area contributed by atoms with Crippen LogP contribution < -0.4 is 4.74 Å². The second-order valence-corrected chi connectivity index (χ2v) is 33.4. The molecule has 0 radical (unpaired) electrons. The zero-order valence-corrected chi connectivity index (χ0v) is 74.8. The van der Waals surface area contributed by atoms with Crippen molar-refractivity contribution in [3.05, 3.63) is 402 Å². The van der Waals surface area contributed by atoms with Crippen LogP contribution in [0.4, 0.5) is 0 Å². The minimum atomic E-state index is 0. The summed E-state index contributed by atoms with van der Waals surface area (Å²) in [6.45, 7) is 23.6. The summed E-state index contributed by atoms with van der Waals surface area (Å²) in [5.74, 6) is 3.62. The molecule has 0 aliphatic heterocycles. The normalized spacial score (nSPS) is 11.8. The number of imidazole rings is 3. The minimum absolute atomic E-state index is 0. The predicted molar refractivity (Wildman–Crippen MR) is 514 cm³/mol. The van der Waals surface area contributed by atoms with Gasteiger partial charge in [0, 0.05) is 109 Å². The van der Waals surface area contributed by atoms with Gasteiger partial charge in [0.25, 0.3) is 0 Å². The molecule has 0 spiro atoms. The van der Waals surface area contributed by atoms with Crippen LogP contribution in [0.25, 0.3) is 172 Å². The topological polar surface area (TPSA) is 98.8 Å². The van der Waals surface area contributed by atoms with Gasteiger partial charge in [0.05, 0.1) is 45.6 Å². The number of aromatic nitrogens is 8. The van der Waals surface area contributed by atoms with Crippen LogP contribution in [0.3, 0.4) is 0 Å². The maximum absolute atomic E-state index is 6.47. The Labute approximate surface area is 747 Å². The first-order valence-electron chi connectivity index (χ1n) is 43.1. The van der Waals surface area contributed by atoms with Crippen LogP contribution in [-0.2, 0) is 32.9 Å². The molecular weight excluding hydrogens is 1720 g/mol. The second kappa shape index (κ2) is 34.0. The Bertz CT molecular complexity index is 7680. The van der Waals surface area contributed by atoms with Gasteiger partial charge in [0.15, 0.2) is 0 Å². The molecule has 1 unspecified atom stereocenters. The van der Waals surface area contributed by atoms with Crippen molar-refractivity contribution in [2.45, 2.75) is 102 Å². The Morgan fingerprint density at radius 1 is 0.333 bits per heavy atom. The van der Waals surface area contributed by atoms with Crippen LogP contribution in [0, 0.1) is 80.5 Å². The molecule has 1 atom stereocenters. The summed E-state index contributed by atoms with van der Waals surface area (Å²) in [5.41, 5.74) is 35.4. The summed E-state index contributed by atoms with van der Waals surface area (Å²) in [4.78, 5) is 13.8. The molecule has 0 saturated carbocycles. The predicted octanol–water partition coefficient (Wildman–Crippen LogP) is 29.1. The SMILES string of the molecule is CCC(C)Oc1ccc2oc3ccc(-c4ccc5c(c4)c4ccccc4n5-c4cccc(-n5c6ccccc6c6cc(-c7ccc8oc9ccc(CCc%10c[c-]c(-c%11nccn%11-c%11c(C)cc(C)cc%11C)cc%10)cc9c8c7)ccc65)c4)cc3c2c1.Cc1cc(C)c(-n2ccnc2-c2[c-]cccc2)c(C)c1.Cc1cc(C)c(-n2ccnc2-c2[c-]cccc2)c(C)c1.[Ir+3]. The Morgan fingerprint density at radius 3 is 1.13 bits per heavy atom. The number of aryl methyl sites for hydroxylation is 11. The van der Waals surface area contributed by atoms with Crippen LogP contribution in [0.15, 0.2) is 331 Å². The molecule has 22 aromatic rings. The van der Waals surface area contributed by atoms with Crippen LogP contribution in [0.2, 0.25) is 0 Å². The van der Waals surface area contributed by atoms with Gasteiger partial charge in [-0.3, -0.25) is 15.0 Å². The van der Waals surface area contributed by atoms with Gasteiger partial charge >= 0.3 is 20.1 Å². The van der Waals surface area contributed by atoms with Crippen LogP contribution >= 0.6 is 0 Å². The van der Waals surface area contributed by atoms with E-state index in [1.54, 1.807) is 0 Å². The monoisotopic (exact) mass is 1810 g/mol. The summed E-state index contributed by atoms with van der Waals surface area (Å²) in [5, 5.41) is 9.22. The van der Waals surface area contributed by atoms with E-state index in [1.807, 2.05) is 97.8 Å². The van der Waals surface area contributed by atoms with Crippen molar-refractivity contribution in [1.29, 1.82) is 0 Å². The Kier molecular flexibility index (Phi) is 21.9. The van der Waals surface area contributed by atoms with Gasteiger partial charge in [0.2, 0.25) is 0 Å². The molecule has 126 heavy (non-hydrogen) atoms. The maximum Gasteiger partial charge on any atom is 3.00 e. The molecule has 0 bridgehead atoms. The number of rotatable bonds is 16. The van der Waals surface area contributed by atoms with E-state index in [4.69, 9.17) is 18.6 Å². The third kappa shape index (κ3) is 15.3. The quantitative estimate of drug-likeness (QED) is 0.0894. The number of hydrogen-bond donors (Lipinski definition) is 0. The standard InChI is InChI=1S/C78H59N4O3.2C18H17N2.Ir/c1-6-50(5)83-60-29-35-76-68(46-60)67-44-57(28-34-75(67)85-76)55-26-31-72-64(42-55)62-15-8-10-17-70(62)82(72)59-13-11-12-58(45-59)81-69-16-9-7-14-61(69)63-41-54(25-30-71(63)81)56-27-33-74-66(43-56)65-40-52(22-32-73(65)84-74)19-18-51-20-23-53(24-21-51)78-79-36-37-80(78)77-48(3)38-47(2)39-49(77)4;2*1-13-11-14(2)17(15(3)12-13)20-10-9-19-18(20)16-7-5-4-6-8-16;/h7-17,20-23,25-46,50H,6,18-19H2,1-5H3;2*4-7,9-12H,1-3H3;/q3*-1;+3. The maximum atomic E-state index is 6.47. The first-order valence-corrected chi connectivity index (χ1v) is 43.1. The average molecular weight is 1820 g/mol. The molecule has 0 N–H and O–H groups in total. The van der Waals surface area contributed by atoms with Gasteiger partial charge in [-0.2, -0.15) is 0 Å². The van der Waals surface area contributed by atoms with E-state index in [2.05, 4.69) is 352 Å². The van der Waals surface area contributed by atoms with Gasteiger partial charge in [-0.1, -0.05) is 139 Å². The molecular formula is C114H93IrN8O3. The number of furan rings is 2. The van der Waals surface area contributed by atoms with Crippen molar-refractivity contribution in [1.82, 2.24) is 37.8 Å². The number of para-hydroxylation sites is 2. The molecule has 15 aromatic carbocycles. The number of fused-ring (bicyclic) bond motifs is 12. The number of ether oxygens (including phenoxy) is 1. The molecule has 22 rings (SSSR count). The molecule has 11 nitrogen and oxygen atoms in total. The van der Waals surface area contributed by atoms with Gasteiger partial charge < -0.3 is 36.4 Å². The smallest absolute Gasteiger partial charge is 0.491 e. The molecule has 0 aliphatic rings. The zero-order valence-electron chi connectivity index (χ0n) is 72.4. The third-order valence-electron chi connectivity index (χ3n) is 24.5. The van der Waals surface area contributed by atoms with Crippen LogP contribution in [0.5, 0.6) is 5.75 Å². The fraction of sp³-hybridized carbons (Fsp3) is 0.132. The largest absolute Gasteiger partial charge is 3.00 e. The molecule has 0 fully saturated rings. The number of hydrogen-bond acceptors (Lipinski definition) is 6. The van der Waals surface area contributed by atoms with Crippen LogP contribution in [0.1, 0.15) is 81.5 Å². The molecule has 0 aliphatic carbocycles. The van der Waals surface area contributed by atoms with Gasteiger partial charge in [-0.25, -0.2) is 0 Å². The van der Waals surface area contributed by atoms with Gasteiger partial charge in [-0.15, -0.1) is 107 Å². The molecule has 616 valence electrons. The Hall–Kier alpha value is -14.4. The van der Waals surface area contributed by atoms with E-state index in [9.17, 15) is 0 Å². The minimum Gasteiger partial charge on any atom is -0.491 e. The van der Waals surface area contributed by atoms with Gasteiger partial charge in [-0.05, 0) is 252 Å². The first kappa shape index (κ1) is 81.3. The first-order chi connectivity index (χ1) is 61.0. The Balaban J connectivity index is 0.000000205. The van der Waals surface area contributed by atoms with E-state index < -0.39 is 0 Å². The van der Waals surface area contributed by atoms with Crippen LogP contribution in [-0.4, -0.2) is 43.9 Å². The van der Waals surface area contributed by atoms with Crippen molar-refractivity contribution in [2.24, 2.45) is 0 Å². The summed E-state index contributed by atoms with van der Waals surface area (Å²) >= 11 is 0. The number of nitrogens with zero attached hydrogens (tertiary/aromatic N) is 8. The zero-order chi connectivity index (χ0) is 85.3. The second-order valence-electron chi connectivity index (χ2n) is 33.4. The molecule has 0 amide bonds. The number of benzene rings is 15. The summed E-state index contributed by atoms with van der Waals surface area (Å²) in [7, 11) is 0. The summed E-state index contributed by atoms with van der Waals surface area (Å²) in [6.07, 6.45) is 14.5. The van der Waals surface area contributed by atoms with Crippen molar-refractivity contribution in [2.75, 3.05) is 0 Å². The molecule has 7 aromatic heterocycles. The fourth-order valence-electron chi connectivity index (χ4n) is 18.9. The average Bonchev–Trinajstić information content (AvgIpc) is 1.58. The van der Waals surface area contributed by atoms with E-state index in [-0.39, 0.29) is 26.2 Å². The van der Waals surface area contributed by atoms with Crippen molar-refractivity contribution in [3.63, 3.8) is 0 Å². The summed E-state index contributed by atoms with van der Waals surface area (Å²) in [6, 6.07) is 112. The molecule has 12 heteroatoms. The molecule has 0 saturated heterocycles.